The average Bonchev–Trinajstić information content (AvgIpc) is 3.52. The van der Waals surface area contributed by atoms with Crippen LogP contribution >= 0.6 is 11.6 Å². The molecule has 0 spiro atoms. The Hall–Kier alpha value is -3.03. The van der Waals surface area contributed by atoms with E-state index in [0.29, 0.717) is 30.0 Å². The van der Waals surface area contributed by atoms with Crippen LogP contribution in [-0.2, 0) is 43.2 Å². The van der Waals surface area contributed by atoms with E-state index in [4.69, 9.17) is 17.3 Å². The van der Waals surface area contributed by atoms with Gasteiger partial charge in [0.25, 0.3) is 0 Å². The summed E-state index contributed by atoms with van der Waals surface area (Å²) < 4.78 is 29.5. The normalized spacial score (nSPS) is 18.8. The molecule has 0 unspecified atom stereocenters. The second-order valence-electron chi connectivity index (χ2n) is 12.2. The number of nitrogens with one attached hydrogen (secondary N) is 3. The summed E-state index contributed by atoms with van der Waals surface area (Å²) in [6.07, 6.45) is 2.59. The Morgan fingerprint density at radius 1 is 1.09 bits per heavy atom. The van der Waals surface area contributed by atoms with Gasteiger partial charge in [0, 0.05) is 44.2 Å². The van der Waals surface area contributed by atoms with Gasteiger partial charge < -0.3 is 26.2 Å². The molecule has 45 heavy (non-hydrogen) atoms. The van der Waals surface area contributed by atoms with Crippen molar-refractivity contribution >= 4 is 39.3 Å². The third-order valence-electron chi connectivity index (χ3n) is 8.80. The van der Waals surface area contributed by atoms with Crippen LogP contribution < -0.4 is 21.1 Å². The molecule has 5 N–H and O–H groups in total. The standard InChI is InChI=1S/C32H45ClN6O5S/c1-32(37-45(43,44)22-23-7-4-3-5-8-23,15-12-29(40)38(2)27-13-16-35-17-14-27)31(42)39-18-6-9-28(39)30(41)36-21-25-19-26(33)11-10-24(25)20-34/h3-5,7-8,10-11,19,27-28,35,37H,6,9,12-18,20-22,34H2,1-2H3,(H,36,41)/t28-,32-/m0/s1. The molecule has 2 fully saturated rings. The summed E-state index contributed by atoms with van der Waals surface area (Å²) in [5.41, 5.74) is 6.40. The number of benzene rings is 2. The van der Waals surface area contributed by atoms with Gasteiger partial charge in [-0.1, -0.05) is 48.0 Å². The van der Waals surface area contributed by atoms with Gasteiger partial charge in [-0.2, -0.15) is 4.72 Å². The summed E-state index contributed by atoms with van der Waals surface area (Å²) in [7, 11) is -2.25. The van der Waals surface area contributed by atoms with Crippen molar-refractivity contribution in [3.8, 4) is 0 Å². The Labute approximate surface area is 271 Å². The van der Waals surface area contributed by atoms with E-state index in [2.05, 4.69) is 15.4 Å². The second kappa shape index (κ2) is 15.5. The fourth-order valence-electron chi connectivity index (χ4n) is 6.16. The number of nitrogens with two attached hydrogens (primary N) is 1. The van der Waals surface area contributed by atoms with Crippen molar-refractivity contribution in [2.75, 3.05) is 26.7 Å². The van der Waals surface area contributed by atoms with Crippen molar-refractivity contribution in [2.45, 2.75) is 81.9 Å². The molecule has 246 valence electrons. The number of hydrogen-bond donors (Lipinski definition) is 4. The predicted molar refractivity (Wildman–Crippen MR) is 174 cm³/mol. The number of carbonyl (C=O) groups excluding carboxylic acids is 3. The van der Waals surface area contributed by atoms with Gasteiger partial charge in [0.15, 0.2) is 0 Å². The number of piperidine rings is 1. The molecule has 2 aliphatic heterocycles. The van der Waals surface area contributed by atoms with Crippen molar-refractivity contribution in [1.82, 2.24) is 25.2 Å². The van der Waals surface area contributed by atoms with Crippen LogP contribution in [0, 0.1) is 0 Å². The lowest BCUT2D eigenvalue weighted by molar-refractivity contribution is -0.143. The van der Waals surface area contributed by atoms with Gasteiger partial charge in [-0.15, -0.1) is 0 Å². The molecule has 3 amide bonds. The zero-order valence-electron chi connectivity index (χ0n) is 26.1. The zero-order chi connectivity index (χ0) is 32.6. The third kappa shape index (κ3) is 9.26. The number of hydrogen-bond acceptors (Lipinski definition) is 7. The van der Waals surface area contributed by atoms with E-state index in [1.165, 1.54) is 11.8 Å². The summed E-state index contributed by atoms with van der Waals surface area (Å²) >= 11 is 6.16. The Kier molecular flexibility index (Phi) is 12.0. The maximum Gasteiger partial charge on any atom is 0.244 e. The number of nitrogens with zero attached hydrogens (tertiary/aromatic N) is 2. The van der Waals surface area contributed by atoms with Gasteiger partial charge in [-0.05, 0) is 80.9 Å². The first-order valence-electron chi connectivity index (χ1n) is 15.5. The Morgan fingerprint density at radius 3 is 2.49 bits per heavy atom. The summed E-state index contributed by atoms with van der Waals surface area (Å²) in [6.45, 7) is 3.91. The largest absolute Gasteiger partial charge is 0.350 e. The quantitative estimate of drug-likeness (QED) is 0.257. The maximum atomic E-state index is 14.3. The van der Waals surface area contributed by atoms with Crippen molar-refractivity contribution in [2.24, 2.45) is 5.73 Å². The van der Waals surface area contributed by atoms with Gasteiger partial charge in [0.05, 0.1) is 5.75 Å². The summed E-state index contributed by atoms with van der Waals surface area (Å²) in [6, 6.07) is 13.3. The van der Waals surface area contributed by atoms with Crippen molar-refractivity contribution in [3.05, 3.63) is 70.2 Å². The van der Waals surface area contributed by atoms with Crippen LogP contribution in [0.25, 0.3) is 0 Å². The second-order valence-corrected chi connectivity index (χ2v) is 14.3. The van der Waals surface area contributed by atoms with E-state index < -0.39 is 27.5 Å². The number of halogens is 1. The van der Waals surface area contributed by atoms with Crippen LogP contribution in [0.15, 0.2) is 48.5 Å². The highest BCUT2D eigenvalue weighted by Gasteiger charge is 2.45. The Bertz CT molecular complexity index is 1450. The van der Waals surface area contributed by atoms with Crippen LogP contribution in [-0.4, -0.2) is 80.2 Å². The number of likely N-dealkylation sites (tertiary alicyclic amines) is 1. The van der Waals surface area contributed by atoms with Gasteiger partial charge in [0.2, 0.25) is 27.7 Å². The minimum absolute atomic E-state index is 0.0299. The van der Waals surface area contributed by atoms with E-state index in [-0.39, 0.29) is 49.5 Å². The molecule has 4 rings (SSSR count). The molecule has 0 aromatic heterocycles. The number of amides is 3. The van der Waals surface area contributed by atoms with Gasteiger partial charge in [-0.25, -0.2) is 8.42 Å². The first-order chi connectivity index (χ1) is 21.4. The van der Waals surface area contributed by atoms with Gasteiger partial charge in [0.1, 0.15) is 11.6 Å². The SMILES string of the molecule is CN(C(=O)CC[C@](C)(NS(=O)(=O)Cc1ccccc1)C(=O)N1CCC[C@H]1C(=O)NCc1cc(Cl)ccc1CN)C1CCNCC1. The molecular formula is C32H45ClN6O5S. The zero-order valence-corrected chi connectivity index (χ0v) is 27.6. The highest BCUT2D eigenvalue weighted by Crippen LogP contribution is 2.27. The average molecular weight is 661 g/mol. The molecule has 2 saturated heterocycles. The van der Waals surface area contributed by atoms with E-state index in [9.17, 15) is 22.8 Å². The molecule has 0 saturated carbocycles. The van der Waals surface area contributed by atoms with E-state index in [0.717, 1.165) is 37.1 Å². The lowest BCUT2D eigenvalue weighted by Gasteiger charge is -2.36. The summed E-state index contributed by atoms with van der Waals surface area (Å²) in [5, 5.41) is 6.72. The third-order valence-corrected chi connectivity index (χ3v) is 10.5. The fraction of sp³-hybridized carbons (Fsp3) is 0.531. The summed E-state index contributed by atoms with van der Waals surface area (Å²) in [4.78, 5) is 44.1. The molecule has 11 nitrogen and oxygen atoms in total. The van der Waals surface area contributed by atoms with E-state index in [1.54, 1.807) is 54.4 Å². The predicted octanol–water partition coefficient (Wildman–Crippen LogP) is 2.27. The Balaban J connectivity index is 1.52. The molecule has 2 atom stereocenters. The van der Waals surface area contributed by atoms with Gasteiger partial charge in [-0.3, -0.25) is 14.4 Å². The molecule has 2 aromatic carbocycles. The van der Waals surface area contributed by atoms with Crippen LogP contribution in [0.3, 0.4) is 0 Å². The minimum atomic E-state index is -4.01. The van der Waals surface area contributed by atoms with Crippen molar-refractivity contribution in [3.63, 3.8) is 0 Å². The van der Waals surface area contributed by atoms with Crippen LogP contribution in [0.5, 0.6) is 0 Å². The van der Waals surface area contributed by atoms with Crippen LogP contribution in [0.2, 0.25) is 5.02 Å². The van der Waals surface area contributed by atoms with Crippen LogP contribution in [0.1, 0.15) is 62.1 Å². The number of rotatable bonds is 13. The topological polar surface area (TPSA) is 154 Å². The Morgan fingerprint density at radius 2 is 1.80 bits per heavy atom. The number of carbonyl (C=O) groups is 3. The monoisotopic (exact) mass is 660 g/mol. The van der Waals surface area contributed by atoms with E-state index in [1.807, 2.05) is 6.07 Å². The number of sulfonamides is 1. The molecule has 2 aromatic rings. The molecule has 13 heteroatoms. The first kappa shape index (κ1) is 34.8. The van der Waals surface area contributed by atoms with Crippen molar-refractivity contribution < 1.29 is 22.8 Å². The fourth-order valence-corrected chi connectivity index (χ4v) is 7.94. The molecular weight excluding hydrogens is 616 g/mol. The maximum absolute atomic E-state index is 14.3. The molecule has 0 bridgehead atoms. The molecule has 0 aliphatic carbocycles. The minimum Gasteiger partial charge on any atom is -0.350 e. The molecule has 2 aliphatic rings. The lowest BCUT2D eigenvalue weighted by atomic mass is 9.93. The lowest BCUT2D eigenvalue weighted by Crippen LogP contribution is -2.60. The smallest absolute Gasteiger partial charge is 0.244 e. The van der Waals surface area contributed by atoms with Crippen LogP contribution in [0.4, 0.5) is 0 Å². The molecule has 2 heterocycles. The van der Waals surface area contributed by atoms with Gasteiger partial charge >= 0.3 is 0 Å². The highest BCUT2D eigenvalue weighted by molar-refractivity contribution is 7.88. The highest BCUT2D eigenvalue weighted by atomic mass is 35.5. The summed E-state index contributed by atoms with van der Waals surface area (Å²) in [5.74, 6) is -1.36. The van der Waals surface area contributed by atoms with E-state index >= 15 is 0 Å². The van der Waals surface area contributed by atoms with Crippen molar-refractivity contribution in [1.29, 1.82) is 0 Å². The first-order valence-corrected chi connectivity index (χ1v) is 17.5. The molecule has 0 radical (unpaired) electrons.